The number of benzene rings is 14. The number of anilines is 3. The fourth-order valence-electron chi connectivity index (χ4n) is 17.1. The average Bonchev–Trinajstić information content (AvgIpc) is 1.55. The molecule has 0 saturated heterocycles. The molecule has 0 fully saturated rings. The van der Waals surface area contributed by atoms with Crippen molar-refractivity contribution >= 4 is 71.4 Å². The predicted octanol–water partition coefficient (Wildman–Crippen LogP) is 21.2. The number of fused-ring (bicyclic) bond motifs is 27. The first kappa shape index (κ1) is 47.1. The second kappa shape index (κ2) is 17.2. The summed E-state index contributed by atoms with van der Waals surface area (Å²) in [5.74, 6) is 0. The lowest BCUT2D eigenvalue weighted by Crippen LogP contribution is -2.33. The Balaban J connectivity index is 0.870. The number of hydrogen-bond donors (Lipinski definition) is 0. The third-order valence-corrected chi connectivity index (χ3v) is 20.3. The van der Waals surface area contributed by atoms with Crippen molar-refractivity contribution in [1.29, 1.82) is 0 Å². The fraction of sp³-hybridized carbons (Fsp3) is 0.0238. The van der Waals surface area contributed by atoms with Crippen molar-refractivity contribution in [3.8, 4) is 55.9 Å². The van der Waals surface area contributed by atoms with Crippen LogP contribution in [-0.4, -0.2) is 9.13 Å². The molecule has 87 heavy (non-hydrogen) atoms. The lowest BCUT2D eigenvalue weighted by atomic mass is 9.65. The zero-order valence-corrected chi connectivity index (χ0v) is 47.3. The van der Waals surface area contributed by atoms with Crippen LogP contribution in [0, 0.1) is 0 Å². The molecule has 1 unspecified atom stereocenters. The van der Waals surface area contributed by atoms with Gasteiger partial charge in [0.1, 0.15) is 0 Å². The summed E-state index contributed by atoms with van der Waals surface area (Å²) in [5, 5.41) is 7.49. The van der Waals surface area contributed by atoms with Gasteiger partial charge in [0, 0.05) is 43.9 Å². The summed E-state index contributed by atoms with van der Waals surface area (Å²) in [7, 11) is 0. The van der Waals surface area contributed by atoms with Crippen molar-refractivity contribution in [3.63, 3.8) is 0 Å². The Bertz CT molecular complexity index is 5580. The molecule has 3 heterocycles. The fourth-order valence-corrected chi connectivity index (χ4v) is 17.1. The van der Waals surface area contributed by atoms with Gasteiger partial charge in [0.2, 0.25) is 0 Å². The van der Waals surface area contributed by atoms with Crippen molar-refractivity contribution in [2.75, 3.05) is 4.90 Å². The Labute approximate surface area is 503 Å². The van der Waals surface area contributed by atoms with Crippen LogP contribution < -0.4 is 4.90 Å². The Morgan fingerprint density at radius 2 is 0.713 bits per heavy atom. The van der Waals surface area contributed by atoms with Gasteiger partial charge < -0.3 is 14.0 Å². The van der Waals surface area contributed by atoms with Gasteiger partial charge in [0.25, 0.3) is 0 Å². The van der Waals surface area contributed by atoms with Crippen LogP contribution >= 0.6 is 0 Å². The van der Waals surface area contributed by atoms with E-state index in [1.807, 2.05) is 0 Å². The van der Waals surface area contributed by atoms with E-state index < -0.39 is 10.8 Å². The van der Waals surface area contributed by atoms with Gasteiger partial charge in [-0.3, -0.25) is 0 Å². The number of hydrogen-bond acceptors (Lipinski definition) is 1. The quantitative estimate of drug-likeness (QED) is 0.167. The third-order valence-electron chi connectivity index (χ3n) is 20.3. The SMILES string of the molecule is c1cc(-c2ccc(N(c3cccc4c3-c3ccccc3C43c4ccccc4-n4c5ccccc5c5cccc3c54)c3cc4c(c5ccccc35)-c3ccccc3C43c4ccccc4-c4ccccc43)cc2)cc(-n2c3ccccc3c3ccccc32)c1. The molecule has 3 heteroatoms. The average molecular weight is 1100 g/mol. The van der Waals surface area contributed by atoms with Crippen LogP contribution in [0.2, 0.25) is 0 Å². The number of para-hydroxylation sites is 5. The van der Waals surface area contributed by atoms with Gasteiger partial charge in [-0.2, -0.15) is 0 Å². The first-order chi connectivity index (χ1) is 43.2. The minimum atomic E-state index is -0.637. The molecule has 1 aliphatic heterocycles. The van der Waals surface area contributed by atoms with E-state index in [0.29, 0.717) is 0 Å². The van der Waals surface area contributed by atoms with Gasteiger partial charge in [-0.05, 0) is 150 Å². The van der Waals surface area contributed by atoms with Crippen LogP contribution in [0.4, 0.5) is 17.1 Å². The summed E-state index contributed by atoms with van der Waals surface area (Å²) in [6.07, 6.45) is 0. The maximum Gasteiger partial charge on any atom is 0.0755 e. The molecule has 0 N–H and O–H groups in total. The van der Waals surface area contributed by atoms with Gasteiger partial charge in [0.15, 0.2) is 0 Å². The minimum absolute atomic E-state index is 0.562. The van der Waals surface area contributed by atoms with Gasteiger partial charge in [-0.25, -0.2) is 0 Å². The summed E-state index contributed by atoms with van der Waals surface area (Å²) in [4.78, 5) is 2.63. The normalized spacial score (nSPS) is 15.0. The van der Waals surface area contributed by atoms with E-state index in [9.17, 15) is 0 Å². The molecule has 4 aliphatic rings. The van der Waals surface area contributed by atoms with Crippen LogP contribution in [-0.2, 0) is 10.8 Å². The minimum Gasteiger partial charge on any atom is -0.309 e. The molecule has 0 radical (unpaired) electrons. The number of rotatable bonds is 5. The molecule has 3 nitrogen and oxygen atoms in total. The Morgan fingerprint density at radius 3 is 1.38 bits per heavy atom. The maximum absolute atomic E-state index is 2.63. The molecule has 402 valence electrons. The van der Waals surface area contributed by atoms with Crippen LogP contribution in [0.15, 0.2) is 309 Å². The highest BCUT2D eigenvalue weighted by molar-refractivity contribution is 6.16. The monoisotopic (exact) mass is 1100 g/mol. The molecular formula is C84H51N3. The molecule has 3 aliphatic carbocycles. The van der Waals surface area contributed by atoms with Crippen LogP contribution in [0.1, 0.15) is 44.5 Å². The molecule has 0 amide bonds. The summed E-state index contributed by atoms with van der Waals surface area (Å²) in [6.45, 7) is 0. The zero-order valence-electron chi connectivity index (χ0n) is 47.3. The lowest BCUT2D eigenvalue weighted by molar-refractivity contribution is 0.748. The third kappa shape index (κ3) is 5.86. The lowest BCUT2D eigenvalue weighted by Gasteiger charge is -2.39. The molecule has 0 bridgehead atoms. The molecular weight excluding hydrogens is 1050 g/mol. The van der Waals surface area contributed by atoms with Gasteiger partial charge in [0.05, 0.1) is 50.0 Å². The van der Waals surface area contributed by atoms with Gasteiger partial charge in [-0.15, -0.1) is 0 Å². The summed E-state index contributed by atoms with van der Waals surface area (Å²) >= 11 is 0. The molecule has 2 aromatic heterocycles. The standard InChI is InChI=1S/C84H51N3/c1-2-30-62-60(28-1)79(51-73-80(62)64-31-5-12-36-68(64)83(73)66-34-10-3-24-56(66)57-25-4-11-35-67(57)83)85(54-48-46-52(47-49-54)53-22-19-23-55(50-53)86-74-41-15-7-26-58(74)59-27-8-16-42-75(59)86)78-45-21-39-71-81(78)65-32-6-13-37-69(65)84(71)70-38-14-18-44-77(70)87-76-43-17-9-29-61(76)63-33-20-40-72(84)82(63)87/h1-51H. The smallest absolute Gasteiger partial charge is 0.0755 e. The molecule has 14 aromatic carbocycles. The van der Waals surface area contributed by atoms with Crippen molar-refractivity contribution in [2.45, 2.75) is 10.8 Å². The highest BCUT2D eigenvalue weighted by atomic mass is 15.1. The van der Waals surface area contributed by atoms with Crippen LogP contribution in [0.5, 0.6) is 0 Å². The Hall–Kier alpha value is -11.3. The van der Waals surface area contributed by atoms with Crippen LogP contribution in [0.25, 0.3) is 110 Å². The predicted molar refractivity (Wildman–Crippen MR) is 360 cm³/mol. The zero-order chi connectivity index (χ0) is 56.7. The van der Waals surface area contributed by atoms with Gasteiger partial charge >= 0.3 is 0 Å². The van der Waals surface area contributed by atoms with Crippen LogP contribution in [0.3, 0.4) is 0 Å². The molecule has 1 atom stereocenters. The van der Waals surface area contributed by atoms with E-state index in [1.165, 1.54) is 138 Å². The van der Waals surface area contributed by atoms with E-state index in [2.05, 4.69) is 323 Å². The largest absolute Gasteiger partial charge is 0.309 e. The van der Waals surface area contributed by atoms with E-state index in [1.54, 1.807) is 0 Å². The first-order valence-electron chi connectivity index (χ1n) is 30.4. The first-order valence-corrected chi connectivity index (χ1v) is 30.4. The summed E-state index contributed by atoms with van der Waals surface area (Å²) in [6, 6.07) is 117. The number of aromatic nitrogens is 2. The maximum atomic E-state index is 2.63. The topological polar surface area (TPSA) is 13.1 Å². The van der Waals surface area contributed by atoms with Gasteiger partial charge in [-0.1, -0.05) is 249 Å². The summed E-state index contributed by atoms with van der Waals surface area (Å²) in [5.41, 5.74) is 29.9. The van der Waals surface area contributed by atoms with E-state index in [0.717, 1.165) is 33.9 Å². The van der Waals surface area contributed by atoms with Crippen molar-refractivity contribution in [2.24, 2.45) is 0 Å². The van der Waals surface area contributed by atoms with Crippen molar-refractivity contribution < 1.29 is 0 Å². The highest BCUT2D eigenvalue weighted by Crippen LogP contribution is 2.67. The number of nitrogens with zero attached hydrogens (tertiary/aromatic N) is 3. The van der Waals surface area contributed by atoms with E-state index in [4.69, 9.17) is 0 Å². The molecule has 0 saturated carbocycles. The second-order valence-corrected chi connectivity index (χ2v) is 24.1. The summed E-state index contributed by atoms with van der Waals surface area (Å²) < 4.78 is 4.96. The van der Waals surface area contributed by atoms with Crippen molar-refractivity contribution in [3.05, 3.63) is 354 Å². The van der Waals surface area contributed by atoms with E-state index >= 15 is 0 Å². The Kier molecular flexibility index (Phi) is 9.32. The molecule has 16 aromatic rings. The second-order valence-electron chi connectivity index (χ2n) is 24.1. The Morgan fingerprint density at radius 1 is 0.253 bits per heavy atom. The van der Waals surface area contributed by atoms with Crippen molar-refractivity contribution in [1.82, 2.24) is 9.13 Å². The molecule has 20 rings (SSSR count). The highest BCUT2D eigenvalue weighted by Gasteiger charge is 2.54. The van der Waals surface area contributed by atoms with E-state index in [-0.39, 0.29) is 0 Å². The molecule has 2 spiro atoms.